The van der Waals surface area contributed by atoms with E-state index >= 15 is 0 Å². The van der Waals surface area contributed by atoms with Crippen molar-refractivity contribution in [2.75, 3.05) is 26.2 Å². The molecular weight excluding hydrogens is 248 g/mol. The van der Waals surface area contributed by atoms with E-state index in [1.807, 2.05) is 0 Å². The van der Waals surface area contributed by atoms with Crippen LogP contribution < -0.4 is 0 Å². The van der Waals surface area contributed by atoms with Crippen LogP contribution in [0, 0.1) is 5.92 Å². The second-order valence-corrected chi connectivity index (χ2v) is 8.16. The molecular formula is C16H32N2Si. The zero-order valence-corrected chi connectivity index (χ0v) is 14.6. The summed E-state index contributed by atoms with van der Waals surface area (Å²) in [5.41, 5.74) is 2.80. The summed E-state index contributed by atoms with van der Waals surface area (Å²) in [7, 11) is -0.00362. The minimum Gasteiger partial charge on any atom is -0.285 e. The Morgan fingerprint density at radius 2 is 1.53 bits per heavy atom. The highest BCUT2D eigenvalue weighted by atomic mass is 28.2. The Morgan fingerprint density at radius 3 is 1.95 bits per heavy atom. The van der Waals surface area contributed by atoms with Crippen LogP contribution in [0.5, 0.6) is 0 Å². The Hall–Kier alpha value is -0.123. The Morgan fingerprint density at radius 1 is 1.05 bits per heavy atom. The van der Waals surface area contributed by atoms with Crippen LogP contribution in [0.1, 0.15) is 46.5 Å². The monoisotopic (exact) mass is 280 g/mol. The van der Waals surface area contributed by atoms with Gasteiger partial charge in [0.05, 0.1) is 5.66 Å². The van der Waals surface area contributed by atoms with E-state index in [0.29, 0.717) is 5.66 Å². The lowest BCUT2D eigenvalue weighted by Gasteiger charge is -2.50. The molecule has 0 saturated carbocycles. The van der Waals surface area contributed by atoms with Crippen molar-refractivity contribution in [1.82, 2.24) is 9.80 Å². The van der Waals surface area contributed by atoms with Crippen molar-refractivity contribution in [1.29, 1.82) is 0 Å². The van der Waals surface area contributed by atoms with Crippen LogP contribution in [0.25, 0.3) is 0 Å². The van der Waals surface area contributed by atoms with Crippen LogP contribution >= 0.6 is 0 Å². The molecule has 2 rings (SSSR count). The predicted octanol–water partition coefficient (Wildman–Crippen LogP) is 2.65. The molecule has 2 fully saturated rings. The molecule has 2 saturated heterocycles. The third-order valence-electron chi connectivity index (χ3n) is 5.43. The highest BCUT2D eigenvalue weighted by Gasteiger charge is 2.43. The van der Waals surface area contributed by atoms with Crippen LogP contribution in [0.4, 0.5) is 0 Å². The number of likely N-dealkylation sites (tertiary alicyclic amines) is 2. The molecule has 3 heteroatoms. The van der Waals surface area contributed by atoms with Gasteiger partial charge in [0.25, 0.3) is 0 Å². The molecule has 0 aromatic heterocycles. The van der Waals surface area contributed by atoms with E-state index in [2.05, 4.69) is 42.3 Å². The van der Waals surface area contributed by atoms with Crippen LogP contribution in [0.15, 0.2) is 11.8 Å². The SMILES string of the molecule is C/C=C\[SiH2]CC(C)C(C)(N1CCCC1)N1CCCC1. The lowest BCUT2D eigenvalue weighted by molar-refractivity contribution is -0.0548. The van der Waals surface area contributed by atoms with Gasteiger partial charge >= 0.3 is 0 Å². The maximum absolute atomic E-state index is 2.80. The summed E-state index contributed by atoms with van der Waals surface area (Å²) in [6, 6.07) is 1.45. The normalized spacial score (nSPS) is 25.2. The molecule has 0 aromatic carbocycles. The molecule has 0 aromatic rings. The summed E-state index contributed by atoms with van der Waals surface area (Å²) < 4.78 is 0. The molecule has 0 radical (unpaired) electrons. The topological polar surface area (TPSA) is 6.48 Å². The molecule has 2 aliphatic heterocycles. The van der Waals surface area contributed by atoms with Gasteiger partial charge < -0.3 is 0 Å². The first-order valence-corrected chi connectivity index (χ1v) is 10.1. The Bertz CT molecular complexity index is 275. The van der Waals surface area contributed by atoms with Crippen LogP contribution in [0.3, 0.4) is 0 Å². The first kappa shape index (κ1) is 15.3. The highest BCUT2D eigenvalue weighted by molar-refractivity contribution is 6.42. The third-order valence-corrected chi connectivity index (χ3v) is 7.43. The molecule has 2 aliphatic rings. The first-order chi connectivity index (χ1) is 9.19. The zero-order chi connectivity index (χ0) is 13.7. The van der Waals surface area contributed by atoms with Gasteiger partial charge in [-0.25, -0.2) is 0 Å². The van der Waals surface area contributed by atoms with Gasteiger partial charge in [-0.2, -0.15) is 0 Å². The van der Waals surface area contributed by atoms with Crippen molar-refractivity contribution in [3.05, 3.63) is 11.8 Å². The van der Waals surface area contributed by atoms with Gasteiger partial charge in [-0.05, 0) is 71.6 Å². The molecule has 2 nitrogen and oxygen atoms in total. The van der Waals surface area contributed by atoms with Crippen molar-refractivity contribution in [3.63, 3.8) is 0 Å². The van der Waals surface area contributed by atoms with E-state index in [1.54, 1.807) is 0 Å². The van der Waals surface area contributed by atoms with E-state index in [9.17, 15) is 0 Å². The number of hydrogen-bond donors (Lipinski definition) is 0. The van der Waals surface area contributed by atoms with Crippen molar-refractivity contribution in [2.45, 2.75) is 58.2 Å². The lowest BCUT2D eigenvalue weighted by atomic mass is 9.94. The smallest absolute Gasteiger partial charge is 0.0732 e. The van der Waals surface area contributed by atoms with Crippen molar-refractivity contribution < 1.29 is 0 Å². The summed E-state index contributed by atoms with van der Waals surface area (Å²) in [4.78, 5) is 5.60. The summed E-state index contributed by atoms with van der Waals surface area (Å²) in [5, 5.41) is 0. The molecule has 0 aliphatic carbocycles. The molecule has 0 amide bonds. The average Bonchev–Trinajstić information content (AvgIpc) is 3.10. The molecule has 1 atom stereocenters. The van der Waals surface area contributed by atoms with Crippen LogP contribution in [-0.4, -0.2) is 51.2 Å². The maximum Gasteiger partial charge on any atom is 0.0732 e. The first-order valence-electron chi connectivity index (χ1n) is 8.31. The van der Waals surface area contributed by atoms with Gasteiger partial charge in [-0.15, -0.1) is 5.70 Å². The second-order valence-electron chi connectivity index (χ2n) is 6.53. The van der Waals surface area contributed by atoms with E-state index < -0.39 is 0 Å². The van der Waals surface area contributed by atoms with E-state index in [4.69, 9.17) is 0 Å². The highest BCUT2D eigenvalue weighted by Crippen LogP contribution is 2.36. The standard InChI is InChI=1S/C16H32N2Si/c1-4-13-19-14-15(2)16(3,17-9-5-6-10-17)18-11-7-8-12-18/h4,13,15H,5-12,14,19H2,1-3H3/b13-4-. The predicted molar refractivity (Wildman–Crippen MR) is 87.3 cm³/mol. The van der Waals surface area contributed by atoms with Crippen molar-refractivity contribution >= 4 is 9.52 Å². The van der Waals surface area contributed by atoms with Crippen molar-refractivity contribution in [3.8, 4) is 0 Å². The quantitative estimate of drug-likeness (QED) is 0.690. The summed E-state index contributed by atoms with van der Waals surface area (Å²) in [6.07, 6.45) is 7.87. The largest absolute Gasteiger partial charge is 0.285 e. The van der Waals surface area contributed by atoms with Crippen LogP contribution in [-0.2, 0) is 0 Å². The summed E-state index contributed by atoms with van der Waals surface area (Å²) >= 11 is 0. The average molecular weight is 281 g/mol. The van der Waals surface area contributed by atoms with Gasteiger partial charge in [0.1, 0.15) is 0 Å². The lowest BCUT2D eigenvalue weighted by Crippen LogP contribution is -2.60. The Balaban J connectivity index is 2.07. The van der Waals surface area contributed by atoms with Gasteiger partial charge in [0.2, 0.25) is 0 Å². The third kappa shape index (κ3) is 3.31. The van der Waals surface area contributed by atoms with Crippen LogP contribution in [0.2, 0.25) is 6.04 Å². The zero-order valence-electron chi connectivity index (χ0n) is 13.2. The summed E-state index contributed by atoms with van der Waals surface area (Å²) in [5.74, 6) is 0.812. The molecule has 1 unspecified atom stereocenters. The van der Waals surface area contributed by atoms with Gasteiger partial charge in [-0.3, -0.25) is 9.80 Å². The second kappa shape index (κ2) is 7.05. The molecule has 110 valence electrons. The molecule has 2 heterocycles. The van der Waals surface area contributed by atoms with E-state index in [-0.39, 0.29) is 9.52 Å². The molecule has 19 heavy (non-hydrogen) atoms. The molecule has 0 spiro atoms. The van der Waals surface area contributed by atoms with Gasteiger partial charge in [0, 0.05) is 9.52 Å². The number of nitrogens with zero attached hydrogens (tertiary/aromatic N) is 2. The minimum absolute atomic E-state index is 0.00362. The number of allylic oxidation sites excluding steroid dienone is 1. The van der Waals surface area contributed by atoms with E-state index in [1.165, 1.54) is 57.9 Å². The minimum atomic E-state index is -0.00362. The fraction of sp³-hybridized carbons (Fsp3) is 0.875. The fourth-order valence-electron chi connectivity index (χ4n) is 3.95. The summed E-state index contributed by atoms with van der Waals surface area (Å²) in [6.45, 7) is 12.5. The van der Waals surface area contributed by atoms with Gasteiger partial charge in [-0.1, -0.05) is 19.0 Å². The van der Waals surface area contributed by atoms with Gasteiger partial charge in [0.15, 0.2) is 0 Å². The Labute approximate surface area is 122 Å². The van der Waals surface area contributed by atoms with Crippen molar-refractivity contribution in [2.24, 2.45) is 5.92 Å². The number of hydrogen-bond acceptors (Lipinski definition) is 2. The maximum atomic E-state index is 2.80. The molecule has 0 N–H and O–H groups in total. The number of rotatable bonds is 6. The van der Waals surface area contributed by atoms with E-state index in [0.717, 1.165) is 5.92 Å². The molecule has 0 bridgehead atoms. The fourth-order valence-corrected chi connectivity index (χ4v) is 5.52. The Kier molecular flexibility index (Phi) is 5.66.